The smallest absolute Gasteiger partial charge is 0.360 e. The second-order valence-electron chi connectivity index (χ2n) is 5.59. The molecule has 0 radical (unpaired) electrons. The lowest BCUT2D eigenvalue weighted by Gasteiger charge is -2.14. The SMILES string of the molecule is CCCCCS(=O)(=O)/C(C#N)=C/Nc1cc(C(F)(F)F)cc(C(F)(F)F)c1. The molecular weight excluding hydrogens is 398 g/mol. The zero-order valence-electron chi connectivity index (χ0n) is 14.1. The number of nitrogens with one attached hydrogen (secondary N) is 1. The quantitative estimate of drug-likeness (QED) is 0.383. The van der Waals surface area contributed by atoms with Gasteiger partial charge in [-0.2, -0.15) is 31.6 Å². The second kappa shape index (κ2) is 8.65. The minimum atomic E-state index is -5.04. The van der Waals surface area contributed by atoms with Crippen LogP contribution in [0.3, 0.4) is 0 Å². The fourth-order valence-corrected chi connectivity index (χ4v) is 3.21. The topological polar surface area (TPSA) is 70.0 Å². The monoisotopic (exact) mass is 414 g/mol. The largest absolute Gasteiger partial charge is 0.416 e. The van der Waals surface area contributed by atoms with Crippen molar-refractivity contribution in [1.29, 1.82) is 5.26 Å². The predicted molar refractivity (Wildman–Crippen MR) is 87.1 cm³/mol. The van der Waals surface area contributed by atoms with E-state index in [2.05, 4.69) is 5.32 Å². The summed E-state index contributed by atoms with van der Waals surface area (Å²) in [7, 11) is -4.00. The number of hydrogen-bond acceptors (Lipinski definition) is 4. The number of benzene rings is 1. The van der Waals surface area contributed by atoms with Gasteiger partial charge in [-0.15, -0.1) is 0 Å². The number of hydrogen-bond donors (Lipinski definition) is 1. The van der Waals surface area contributed by atoms with E-state index in [0.29, 0.717) is 24.8 Å². The third-order valence-electron chi connectivity index (χ3n) is 3.42. The van der Waals surface area contributed by atoms with Crippen LogP contribution >= 0.6 is 0 Å². The van der Waals surface area contributed by atoms with Gasteiger partial charge in [0.15, 0.2) is 14.7 Å². The van der Waals surface area contributed by atoms with Crippen molar-refractivity contribution in [3.63, 3.8) is 0 Å². The third kappa shape index (κ3) is 6.78. The Hall–Kier alpha value is -2.22. The minimum absolute atomic E-state index is 0.0540. The van der Waals surface area contributed by atoms with E-state index in [-0.39, 0.29) is 18.2 Å². The second-order valence-corrected chi connectivity index (χ2v) is 7.66. The summed E-state index contributed by atoms with van der Waals surface area (Å²) in [6.07, 6.45) is -7.88. The number of anilines is 1. The molecular formula is C16H16F6N2O2S. The molecule has 0 heterocycles. The summed E-state index contributed by atoms with van der Waals surface area (Å²) in [4.78, 5) is -0.774. The molecule has 0 aliphatic heterocycles. The number of nitrogens with zero attached hydrogens (tertiary/aromatic N) is 1. The molecule has 0 atom stereocenters. The standard InChI is InChI=1S/C16H16F6N2O2S/c1-2-3-4-5-27(25,26)14(9-23)10-24-13-7-11(15(17,18)19)6-12(8-13)16(20,21)22/h6-8,10,24H,2-5H2,1H3/b14-10+. The molecule has 0 aromatic heterocycles. The van der Waals surface area contributed by atoms with Crippen LogP contribution in [0.1, 0.15) is 37.3 Å². The van der Waals surface area contributed by atoms with Crippen molar-refractivity contribution in [2.24, 2.45) is 0 Å². The first-order chi connectivity index (χ1) is 12.3. The van der Waals surface area contributed by atoms with E-state index in [4.69, 9.17) is 5.26 Å². The van der Waals surface area contributed by atoms with Gasteiger partial charge in [-0.05, 0) is 24.6 Å². The normalized spacial score (nSPS) is 13.3. The van der Waals surface area contributed by atoms with Crippen LogP contribution in [0.2, 0.25) is 0 Å². The molecule has 0 aliphatic rings. The van der Waals surface area contributed by atoms with Gasteiger partial charge < -0.3 is 5.32 Å². The van der Waals surface area contributed by atoms with Gasteiger partial charge in [0.1, 0.15) is 6.07 Å². The molecule has 0 fully saturated rings. The maximum absolute atomic E-state index is 12.8. The fourth-order valence-electron chi connectivity index (χ4n) is 2.03. The van der Waals surface area contributed by atoms with Gasteiger partial charge in [-0.25, -0.2) is 8.42 Å². The number of rotatable bonds is 7. The lowest BCUT2D eigenvalue weighted by molar-refractivity contribution is -0.143. The number of allylic oxidation sites excluding steroid dienone is 1. The third-order valence-corrected chi connectivity index (χ3v) is 5.12. The minimum Gasteiger partial charge on any atom is -0.360 e. The van der Waals surface area contributed by atoms with E-state index < -0.39 is 43.9 Å². The van der Waals surface area contributed by atoms with Crippen LogP contribution in [0.4, 0.5) is 32.0 Å². The molecule has 0 bridgehead atoms. The van der Waals surface area contributed by atoms with Crippen LogP contribution in [0.15, 0.2) is 29.3 Å². The van der Waals surface area contributed by atoms with E-state index in [9.17, 15) is 34.8 Å². The molecule has 0 amide bonds. The van der Waals surface area contributed by atoms with Gasteiger partial charge in [-0.1, -0.05) is 19.8 Å². The molecule has 11 heteroatoms. The molecule has 0 saturated carbocycles. The molecule has 150 valence electrons. The van der Waals surface area contributed by atoms with Crippen molar-refractivity contribution in [2.75, 3.05) is 11.1 Å². The van der Waals surface area contributed by atoms with Gasteiger partial charge in [0.2, 0.25) is 0 Å². The number of nitriles is 1. The molecule has 0 aliphatic carbocycles. The average molecular weight is 414 g/mol. The Labute approximate surface area is 152 Å². The fraction of sp³-hybridized carbons (Fsp3) is 0.438. The number of halogens is 6. The Balaban J connectivity index is 3.23. The van der Waals surface area contributed by atoms with Crippen molar-refractivity contribution >= 4 is 15.5 Å². The van der Waals surface area contributed by atoms with E-state index in [0.717, 1.165) is 6.42 Å². The van der Waals surface area contributed by atoms with Crippen molar-refractivity contribution in [3.8, 4) is 6.07 Å². The first-order valence-electron chi connectivity index (χ1n) is 7.70. The molecule has 1 N–H and O–H groups in total. The maximum atomic E-state index is 12.8. The highest BCUT2D eigenvalue weighted by Gasteiger charge is 2.36. The summed E-state index contributed by atoms with van der Waals surface area (Å²) >= 11 is 0. The van der Waals surface area contributed by atoms with Gasteiger partial charge in [0.25, 0.3) is 0 Å². The van der Waals surface area contributed by atoms with Crippen LogP contribution < -0.4 is 5.32 Å². The van der Waals surface area contributed by atoms with Crippen LogP contribution in [-0.4, -0.2) is 14.2 Å². The zero-order chi connectivity index (χ0) is 20.9. The summed E-state index contributed by atoms with van der Waals surface area (Å²) in [6, 6.07) is 2.13. The predicted octanol–water partition coefficient (Wildman–Crippen LogP) is 5.11. The molecule has 1 aromatic carbocycles. The number of unbranched alkanes of at least 4 members (excludes halogenated alkanes) is 2. The van der Waals surface area contributed by atoms with Crippen LogP contribution in [0.25, 0.3) is 0 Å². The van der Waals surface area contributed by atoms with E-state index in [1.54, 1.807) is 0 Å². The first kappa shape index (κ1) is 22.8. The molecule has 0 saturated heterocycles. The molecule has 0 spiro atoms. The van der Waals surface area contributed by atoms with E-state index in [1.807, 2.05) is 6.92 Å². The Kier molecular flexibility index (Phi) is 7.31. The molecule has 0 unspecified atom stereocenters. The van der Waals surface area contributed by atoms with Crippen molar-refractivity contribution in [3.05, 3.63) is 40.4 Å². The molecule has 4 nitrogen and oxygen atoms in total. The van der Waals surface area contributed by atoms with Crippen molar-refractivity contribution in [2.45, 2.75) is 38.5 Å². The average Bonchev–Trinajstić information content (AvgIpc) is 2.53. The highest BCUT2D eigenvalue weighted by atomic mass is 32.2. The van der Waals surface area contributed by atoms with Gasteiger partial charge in [-0.3, -0.25) is 0 Å². The van der Waals surface area contributed by atoms with Gasteiger partial charge in [0.05, 0.1) is 16.9 Å². The summed E-state index contributed by atoms with van der Waals surface area (Å²) in [5, 5.41) is 11.0. The molecule has 1 aromatic rings. The van der Waals surface area contributed by atoms with Crippen LogP contribution in [0, 0.1) is 11.3 Å². The van der Waals surface area contributed by atoms with E-state index >= 15 is 0 Å². The van der Waals surface area contributed by atoms with E-state index in [1.165, 1.54) is 6.07 Å². The van der Waals surface area contributed by atoms with Crippen molar-refractivity contribution < 1.29 is 34.8 Å². The summed E-state index contributed by atoms with van der Waals surface area (Å²) in [6.45, 7) is 1.83. The summed E-state index contributed by atoms with van der Waals surface area (Å²) < 4.78 is 101. The highest BCUT2D eigenvalue weighted by Crippen LogP contribution is 2.37. The number of sulfone groups is 1. The highest BCUT2D eigenvalue weighted by molar-refractivity contribution is 7.95. The molecule has 27 heavy (non-hydrogen) atoms. The lowest BCUT2D eigenvalue weighted by atomic mass is 10.1. The Bertz CT molecular complexity index is 804. The Morgan fingerprint density at radius 2 is 1.59 bits per heavy atom. The Morgan fingerprint density at radius 3 is 2.00 bits per heavy atom. The first-order valence-corrected chi connectivity index (χ1v) is 9.35. The van der Waals surface area contributed by atoms with Crippen LogP contribution in [0.5, 0.6) is 0 Å². The summed E-state index contributed by atoms with van der Waals surface area (Å²) in [5.41, 5.74) is -3.76. The number of alkyl halides is 6. The lowest BCUT2D eigenvalue weighted by Crippen LogP contribution is -2.12. The maximum Gasteiger partial charge on any atom is 0.416 e. The van der Waals surface area contributed by atoms with Crippen molar-refractivity contribution in [1.82, 2.24) is 0 Å². The molecule has 1 rings (SSSR count). The zero-order valence-corrected chi connectivity index (χ0v) is 14.9. The summed E-state index contributed by atoms with van der Waals surface area (Å²) in [5.74, 6) is -0.349. The van der Waals surface area contributed by atoms with Gasteiger partial charge >= 0.3 is 12.4 Å². The Morgan fingerprint density at radius 1 is 1.07 bits per heavy atom. The van der Waals surface area contributed by atoms with Gasteiger partial charge in [0, 0.05) is 11.9 Å². The van der Waals surface area contributed by atoms with Crippen LogP contribution in [-0.2, 0) is 22.2 Å².